The van der Waals surface area contributed by atoms with Crippen LogP contribution in [-0.4, -0.2) is 52.5 Å². The molecule has 1 fully saturated rings. The number of β-amino-alcohol motifs (C(OH)–C–C–N with tert-alkyl or cyclic N) is 1. The summed E-state index contributed by atoms with van der Waals surface area (Å²) in [4.78, 5) is 13.3. The number of benzene rings is 1. The van der Waals surface area contributed by atoms with Crippen LogP contribution in [0.2, 0.25) is 0 Å². The molecule has 0 radical (unpaired) electrons. The molecular weight excluding hydrogens is 306 g/mol. The largest absolute Gasteiger partial charge is 0.491 e. The SMILES string of the molecule is O=c1ccc(-c2ccc(OC[C@@H](O)CN3CCCCC3)cc2)n[nH]1. The maximum atomic E-state index is 11.0. The van der Waals surface area contributed by atoms with E-state index in [1.165, 1.54) is 25.3 Å². The molecule has 0 unspecified atom stereocenters. The van der Waals surface area contributed by atoms with Crippen LogP contribution in [0.15, 0.2) is 41.2 Å². The summed E-state index contributed by atoms with van der Waals surface area (Å²) in [6.07, 6.45) is 3.24. The van der Waals surface area contributed by atoms with Crippen molar-refractivity contribution in [3.05, 3.63) is 46.8 Å². The van der Waals surface area contributed by atoms with Gasteiger partial charge in [-0.05, 0) is 56.3 Å². The van der Waals surface area contributed by atoms with E-state index in [1.54, 1.807) is 6.07 Å². The van der Waals surface area contributed by atoms with Crippen molar-refractivity contribution in [1.29, 1.82) is 0 Å². The summed E-state index contributed by atoms with van der Waals surface area (Å²) in [6, 6.07) is 10.6. The number of ether oxygens (including phenoxy) is 1. The smallest absolute Gasteiger partial charge is 0.264 e. The molecule has 1 atom stereocenters. The molecule has 3 rings (SSSR count). The quantitative estimate of drug-likeness (QED) is 0.843. The predicted octanol–water partition coefficient (Wildman–Crippen LogP) is 1.66. The Hall–Kier alpha value is -2.18. The van der Waals surface area contributed by atoms with Gasteiger partial charge in [-0.3, -0.25) is 4.79 Å². The van der Waals surface area contributed by atoms with E-state index >= 15 is 0 Å². The second kappa shape index (κ2) is 8.08. The van der Waals surface area contributed by atoms with Crippen molar-refractivity contribution in [2.75, 3.05) is 26.2 Å². The molecule has 6 nitrogen and oxygen atoms in total. The first kappa shape index (κ1) is 16.7. The monoisotopic (exact) mass is 329 g/mol. The molecule has 1 saturated heterocycles. The fraction of sp³-hybridized carbons (Fsp3) is 0.444. The number of rotatable bonds is 6. The summed E-state index contributed by atoms with van der Waals surface area (Å²) in [6.45, 7) is 3.09. The van der Waals surface area contributed by atoms with Crippen LogP contribution in [0.3, 0.4) is 0 Å². The van der Waals surface area contributed by atoms with Crippen molar-refractivity contribution in [3.63, 3.8) is 0 Å². The number of hydrogen-bond acceptors (Lipinski definition) is 5. The summed E-state index contributed by atoms with van der Waals surface area (Å²) in [7, 11) is 0. The van der Waals surface area contributed by atoms with E-state index in [-0.39, 0.29) is 12.2 Å². The van der Waals surface area contributed by atoms with E-state index < -0.39 is 6.10 Å². The summed E-state index contributed by atoms with van der Waals surface area (Å²) in [5.74, 6) is 0.709. The Bertz CT molecular complexity index is 673. The minimum Gasteiger partial charge on any atom is -0.491 e. The molecule has 128 valence electrons. The third-order valence-corrected chi connectivity index (χ3v) is 4.19. The molecule has 0 amide bonds. The molecule has 1 aliphatic heterocycles. The predicted molar refractivity (Wildman–Crippen MR) is 92.1 cm³/mol. The van der Waals surface area contributed by atoms with E-state index in [9.17, 15) is 9.90 Å². The standard InChI is InChI=1S/C18H23N3O3/c22-15(12-21-10-2-1-3-11-21)13-24-16-6-4-14(5-7-16)17-8-9-18(23)20-19-17/h4-9,15,22H,1-3,10-13H2,(H,20,23)/t15-/m0/s1. The average molecular weight is 329 g/mol. The highest BCUT2D eigenvalue weighted by atomic mass is 16.5. The van der Waals surface area contributed by atoms with Crippen LogP contribution >= 0.6 is 0 Å². The highest BCUT2D eigenvalue weighted by Gasteiger charge is 2.15. The zero-order valence-electron chi connectivity index (χ0n) is 13.6. The molecule has 0 spiro atoms. The van der Waals surface area contributed by atoms with Gasteiger partial charge in [0.25, 0.3) is 5.56 Å². The van der Waals surface area contributed by atoms with Crippen molar-refractivity contribution >= 4 is 0 Å². The topological polar surface area (TPSA) is 78.5 Å². The van der Waals surface area contributed by atoms with Gasteiger partial charge in [0.1, 0.15) is 18.5 Å². The van der Waals surface area contributed by atoms with Gasteiger partial charge in [-0.25, -0.2) is 5.10 Å². The van der Waals surface area contributed by atoms with Crippen molar-refractivity contribution in [1.82, 2.24) is 15.1 Å². The molecule has 2 heterocycles. The van der Waals surface area contributed by atoms with Gasteiger partial charge in [0.2, 0.25) is 0 Å². The number of H-pyrrole nitrogens is 1. The van der Waals surface area contributed by atoms with Crippen LogP contribution in [0.4, 0.5) is 0 Å². The number of piperidine rings is 1. The molecule has 1 aliphatic rings. The number of hydrogen-bond donors (Lipinski definition) is 2. The summed E-state index contributed by atoms with van der Waals surface area (Å²) >= 11 is 0. The van der Waals surface area contributed by atoms with Crippen LogP contribution in [0, 0.1) is 0 Å². The minimum absolute atomic E-state index is 0.221. The zero-order chi connectivity index (χ0) is 16.8. The van der Waals surface area contributed by atoms with E-state index in [0.29, 0.717) is 18.0 Å². The Morgan fingerprint density at radius 1 is 1.12 bits per heavy atom. The van der Waals surface area contributed by atoms with Crippen LogP contribution in [0.25, 0.3) is 11.3 Å². The highest BCUT2D eigenvalue weighted by molar-refractivity contribution is 5.59. The Balaban J connectivity index is 1.50. The fourth-order valence-corrected chi connectivity index (χ4v) is 2.91. The first-order valence-corrected chi connectivity index (χ1v) is 8.40. The molecule has 6 heteroatoms. The van der Waals surface area contributed by atoms with E-state index in [2.05, 4.69) is 15.1 Å². The molecule has 24 heavy (non-hydrogen) atoms. The summed E-state index contributed by atoms with van der Waals surface area (Å²) in [5, 5.41) is 16.5. The van der Waals surface area contributed by atoms with Gasteiger partial charge < -0.3 is 14.7 Å². The van der Waals surface area contributed by atoms with Gasteiger partial charge >= 0.3 is 0 Å². The number of aromatic amines is 1. The summed E-state index contributed by atoms with van der Waals surface area (Å²) in [5.41, 5.74) is 1.38. The Kier molecular flexibility index (Phi) is 5.61. The normalized spacial score (nSPS) is 16.7. The number of nitrogens with one attached hydrogen (secondary N) is 1. The van der Waals surface area contributed by atoms with Crippen molar-refractivity contribution < 1.29 is 9.84 Å². The maximum Gasteiger partial charge on any atom is 0.264 e. The average Bonchev–Trinajstić information content (AvgIpc) is 2.62. The number of aliphatic hydroxyl groups excluding tert-OH is 1. The third kappa shape index (κ3) is 4.66. The van der Waals surface area contributed by atoms with Crippen LogP contribution in [0.5, 0.6) is 5.75 Å². The van der Waals surface area contributed by atoms with Crippen LogP contribution in [-0.2, 0) is 0 Å². The summed E-state index contributed by atoms with van der Waals surface area (Å²) < 4.78 is 5.66. The zero-order valence-corrected chi connectivity index (χ0v) is 13.6. The maximum absolute atomic E-state index is 11.0. The van der Waals surface area contributed by atoms with Crippen molar-refractivity contribution in [3.8, 4) is 17.0 Å². The van der Waals surface area contributed by atoms with Gasteiger partial charge in [-0.15, -0.1) is 0 Å². The lowest BCUT2D eigenvalue weighted by Gasteiger charge is -2.28. The third-order valence-electron chi connectivity index (χ3n) is 4.19. The molecule has 2 N–H and O–H groups in total. The Labute approximate surface area is 141 Å². The molecular formula is C18H23N3O3. The first-order valence-electron chi connectivity index (χ1n) is 8.40. The first-order chi connectivity index (χ1) is 11.7. The minimum atomic E-state index is -0.483. The van der Waals surface area contributed by atoms with Crippen LogP contribution < -0.4 is 10.3 Å². The van der Waals surface area contributed by atoms with Gasteiger partial charge in [0.05, 0.1) is 5.69 Å². The van der Waals surface area contributed by atoms with E-state index in [1.807, 2.05) is 24.3 Å². The van der Waals surface area contributed by atoms with E-state index in [4.69, 9.17) is 4.74 Å². The second-order valence-corrected chi connectivity index (χ2v) is 6.16. The number of aromatic nitrogens is 2. The number of aliphatic hydroxyl groups is 1. The molecule has 0 aliphatic carbocycles. The second-order valence-electron chi connectivity index (χ2n) is 6.16. The number of nitrogens with zero attached hydrogens (tertiary/aromatic N) is 2. The molecule has 0 saturated carbocycles. The lowest BCUT2D eigenvalue weighted by Crippen LogP contribution is -2.38. The van der Waals surface area contributed by atoms with Crippen LogP contribution in [0.1, 0.15) is 19.3 Å². The Morgan fingerprint density at radius 3 is 2.54 bits per heavy atom. The molecule has 0 bridgehead atoms. The van der Waals surface area contributed by atoms with Gasteiger partial charge in [0, 0.05) is 18.2 Å². The van der Waals surface area contributed by atoms with Gasteiger partial charge in [-0.2, -0.15) is 5.10 Å². The van der Waals surface area contributed by atoms with E-state index in [0.717, 1.165) is 18.7 Å². The highest BCUT2D eigenvalue weighted by Crippen LogP contribution is 2.19. The molecule has 2 aromatic rings. The lowest BCUT2D eigenvalue weighted by molar-refractivity contribution is 0.0617. The molecule has 1 aromatic carbocycles. The van der Waals surface area contributed by atoms with Crippen molar-refractivity contribution in [2.24, 2.45) is 0 Å². The Morgan fingerprint density at radius 2 is 1.88 bits per heavy atom. The molecule has 1 aromatic heterocycles. The van der Waals surface area contributed by atoms with Gasteiger partial charge in [-0.1, -0.05) is 6.42 Å². The lowest BCUT2D eigenvalue weighted by atomic mass is 10.1. The number of likely N-dealkylation sites (tertiary alicyclic amines) is 1. The van der Waals surface area contributed by atoms with Crippen molar-refractivity contribution in [2.45, 2.75) is 25.4 Å². The fourth-order valence-electron chi connectivity index (χ4n) is 2.91. The van der Waals surface area contributed by atoms with Gasteiger partial charge in [0.15, 0.2) is 0 Å².